The van der Waals surface area contributed by atoms with E-state index in [-0.39, 0.29) is 11.3 Å². The van der Waals surface area contributed by atoms with Crippen molar-refractivity contribution in [2.24, 2.45) is 23.7 Å². The van der Waals surface area contributed by atoms with Crippen LogP contribution in [0.1, 0.15) is 93.2 Å². The molecule has 292 valence electrons. The molecule has 0 aromatic heterocycles. The standard InChI is InChI=1S/C47H58N2O6/c1-3-5-33-7-11-37(12-8-33)31-54-41-23-16-35(17-24-41)15-22-40(50)30-44(43-27-21-39(48)29-45(43)49)47(52,53)46(51)28-20-36-18-25-42(26-19-36)55-32-38-13-9-34(6-4-2)10-14-38/h3-4,15-29,33-34,37-38,44,52-53H,1-2,5-14,30-32,48-49H2/b22-15+,28-20+. The van der Waals surface area contributed by atoms with Crippen molar-refractivity contribution in [3.63, 3.8) is 0 Å². The van der Waals surface area contributed by atoms with Crippen LogP contribution in [0, 0.1) is 23.7 Å². The number of nitrogen functional groups attached to an aromatic ring is 2. The second kappa shape index (κ2) is 20.1. The van der Waals surface area contributed by atoms with Gasteiger partial charge in [-0.25, -0.2) is 0 Å². The van der Waals surface area contributed by atoms with Crippen molar-refractivity contribution in [3.05, 3.63) is 121 Å². The summed E-state index contributed by atoms with van der Waals surface area (Å²) in [6.45, 7) is 9.07. The monoisotopic (exact) mass is 746 g/mol. The summed E-state index contributed by atoms with van der Waals surface area (Å²) >= 11 is 0. The molecule has 0 heterocycles. The van der Waals surface area contributed by atoms with E-state index in [9.17, 15) is 19.8 Å². The van der Waals surface area contributed by atoms with Gasteiger partial charge in [0.05, 0.1) is 19.1 Å². The number of hydrogen-bond acceptors (Lipinski definition) is 8. The zero-order valence-corrected chi connectivity index (χ0v) is 32.0. The Morgan fingerprint density at radius 2 is 1.15 bits per heavy atom. The van der Waals surface area contributed by atoms with Crippen molar-refractivity contribution in [1.29, 1.82) is 0 Å². The largest absolute Gasteiger partial charge is 0.493 e. The number of nitrogens with two attached hydrogens (primary N) is 2. The number of anilines is 2. The molecule has 8 nitrogen and oxygen atoms in total. The average Bonchev–Trinajstić information content (AvgIpc) is 3.19. The number of benzene rings is 3. The maximum atomic E-state index is 13.4. The molecule has 5 rings (SSSR count). The fourth-order valence-electron chi connectivity index (χ4n) is 7.82. The number of ether oxygens (including phenoxy) is 2. The zero-order chi connectivity index (χ0) is 39.2. The molecule has 8 heteroatoms. The molecule has 2 saturated carbocycles. The summed E-state index contributed by atoms with van der Waals surface area (Å²) in [5.41, 5.74) is 14.3. The number of allylic oxidation sites excluding steroid dienone is 3. The topological polar surface area (TPSA) is 145 Å². The molecule has 0 spiro atoms. The van der Waals surface area contributed by atoms with Gasteiger partial charge in [0.1, 0.15) is 11.5 Å². The van der Waals surface area contributed by atoms with Crippen molar-refractivity contribution in [2.75, 3.05) is 24.7 Å². The lowest BCUT2D eigenvalue weighted by Crippen LogP contribution is -2.44. The first-order chi connectivity index (χ1) is 26.5. The highest BCUT2D eigenvalue weighted by Crippen LogP contribution is 2.37. The quantitative estimate of drug-likeness (QED) is 0.0412. The lowest BCUT2D eigenvalue weighted by atomic mass is 9.81. The fourth-order valence-corrected chi connectivity index (χ4v) is 7.82. The van der Waals surface area contributed by atoms with Gasteiger partial charge in [0.2, 0.25) is 11.6 Å². The molecule has 0 bridgehead atoms. The minimum atomic E-state index is -2.94. The van der Waals surface area contributed by atoms with Crippen LogP contribution in [0.4, 0.5) is 11.4 Å². The third-order valence-electron chi connectivity index (χ3n) is 11.3. The van der Waals surface area contributed by atoms with Gasteiger partial charge < -0.3 is 31.2 Å². The molecule has 3 aromatic carbocycles. The minimum absolute atomic E-state index is 0.145. The highest BCUT2D eigenvalue weighted by atomic mass is 16.5. The van der Waals surface area contributed by atoms with Crippen LogP contribution < -0.4 is 20.9 Å². The van der Waals surface area contributed by atoms with Crippen molar-refractivity contribution >= 4 is 35.1 Å². The number of hydrogen-bond donors (Lipinski definition) is 4. The molecule has 1 unspecified atom stereocenters. The van der Waals surface area contributed by atoms with Crippen molar-refractivity contribution in [3.8, 4) is 11.5 Å². The molecular formula is C47H58N2O6. The van der Waals surface area contributed by atoms with Crippen LogP contribution >= 0.6 is 0 Å². The molecule has 1 atom stereocenters. The van der Waals surface area contributed by atoms with Crippen LogP contribution in [0.25, 0.3) is 12.2 Å². The van der Waals surface area contributed by atoms with Gasteiger partial charge in [-0.3, -0.25) is 9.59 Å². The number of rotatable bonds is 19. The van der Waals surface area contributed by atoms with E-state index < -0.39 is 29.7 Å². The van der Waals surface area contributed by atoms with Gasteiger partial charge in [0, 0.05) is 17.8 Å². The second-order valence-corrected chi connectivity index (χ2v) is 15.5. The Hall–Kier alpha value is -4.92. The van der Waals surface area contributed by atoms with E-state index in [4.69, 9.17) is 20.9 Å². The summed E-state index contributed by atoms with van der Waals surface area (Å²) in [5, 5.41) is 22.7. The van der Waals surface area contributed by atoms with Crippen LogP contribution in [0.5, 0.6) is 11.5 Å². The Labute approximate surface area is 326 Å². The van der Waals surface area contributed by atoms with Crippen LogP contribution in [-0.2, 0) is 9.59 Å². The molecule has 55 heavy (non-hydrogen) atoms. The Kier molecular flexibility index (Phi) is 15.1. The van der Waals surface area contributed by atoms with Gasteiger partial charge in [0.25, 0.3) is 0 Å². The van der Waals surface area contributed by atoms with E-state index in [1.165, 1.54) is 50.0 Å². The van der Waals surface area contributed by atoms with Gasteiger partial charge in [-0.15, -0.1) is 13.2 Å². The molecular weight excluding hydrogens is 689 g/mol. The lowest BCUT2D eigenvalue weighted by Gasteiger charge is -2.30. The summed E-state index contributed by atoms with van der Waals surface area (Å²) in [7, 11) is 0. The summed E-state index contributed by atoms with van der Waals surface area (Å²) in [4.78, 5) is 26.7. The number of carbonyl (C=O) groups is 2. The fraction of sp³-hybridized carbons (Fsp3) is 0.404. The summed E-state index contributed by atoms with van der Waals surface area (Å²) in [6.07, 6.45) is 20.9. The molecule has 3 aromatic rings. The SMILES string of the molecule is C=CCC1CCC(COc2ccc(/C=C/C(=O)CC(c3ccc(N)cc3N)C(O)(O)C(=O)/C=C/c3ccc(OCC4CCC(CC=C)CC4)cc3)cc2)CC1. The molecule has 2 aliphatic rings. The Morgan fingerprint density at radius 3 is 1.60 bits per heavy atom. The third-order valence-corrected chi connectivity index (χ3v) is 11.3. The van der Waals surface area contributed by atoms with Gasteiger partial charge >= 0.3 is 0 Å². The molecule has 0 radical (unpaired) electrons. The van der Waals surface area contributed by atoms with Gasteiger partial charge in [-0.05, 0) is 153 Å². The Morgan fingerprint density at radius 1 is 0.691 bits per heavy atom. The van der Waals surface area contributed by atoms with Crippen molar-refractivity contribution in [1.82, 2.24) is 0 Å². The first kappa shape index (κ1) is 41.2. The van der Waals surface area contributed by atoms with E-state index in [0.29, 0.717) is 36.3 Å². The van der Waals surface area contributed by atoms with E-state index in [1.54, 1.807) is 24.3 Å². The maximum absolute atomic E-state index is 13.4. The molecule has 6 N–H and O–H groups in total. The highest BCUT2D eigenvalue weighted by Gasteiger charge is 2.43. The summed E-state index contributed by atoms with van der Waals surface area (Å²) in [5.74, 6) is -1.66. The Bertz CT molecular complexity index is 1780. The van der Waals surface area contributed by atoms with Gasteiger partial charge in [-0.1, -0.05) is 54.6 Å². The average molecular weight is 747 g/mol. The smallest absolute Gasteiger partial charge is 0.235 e. The summed E-state index contributed by atoms with van der Waals surface area (Å²) in [6, 6.07) is 19.3. The number of aliphatic hydroxyl groups is 2. The predicted octanol–water partition coefficient (Wildman–Crippen LogP) is 9.09. The van der Waals surface area contributed by atoms with Gasteiger partial charge in [-0.2, -0.15) is 0 Å². The molecule has 2 aliphatic carbocycles. The molecule has 2 fully saturated rings. The van der Waals surface area contributed by atoms with E-state index in [1.807, 2.05) is 48.6 Å². The minimum Gasteiger partial charge on any atom is -0.493 e. The predicted molar refractivity (Wildman–Crippen MR) is 222 cm³/mol. The normalized spacial score (nSPS) is 20.9. The number of ketones is 2. The van der Waals surface area contributed by atoms with E-state index in [0.717, 1.165) is 73.5 Å². The lowest BCUT2D eigenvalue weighted by molar-refractivity contribution is -0.187. The molecule has 0 saturated heterocycles. The van der Waals surface area contributed by atoms with Crippen LogP contribution in [0.15, 0.2) is 104 Å². The van der Waals surface area contributed by atoms with E-state index in [2.05, 4.69) is 13.2 Å². The Balaban J connectivity index is 1.17. The van der Waals surface area contributed by atoms with Crippen molar-refractivity contribution in [2.45, 2.75) is 82.3 Å². The molecule has 0 aliphatic heterocycles. The zero-order valence-electron chi connectivity index (χ0n) is 32.0. The third kappa shape index (κ3) is 12.3. The van der Waals surface area contributed by atoms with Crippen LogP contribution in [-0.4, -0.2) is 40.8 Å². The van der Waals surface area contributed by atoms with Crippen LogP contribution in [0.2, 0.25) is 0 Å². The maximum Gasteiger partial charge on any atom is 0.235 e. The van der Waals surface area contributed by atoms with Crippen LogP contribution in [0.3, 0.4) is 0 Å². The second-order valence-electron chi connectivity index (χ2n) is 15.5. The van der Waals surface area contributed by atoms with Crippen molar-refractivity contribution < 1.29 is 29.3 Å². The molecule has 0 amide bonds. The highest BCUT2D eigenvalue weighted by molar-refractivity contribution is 6.01. The first-order valence-corrected chi connectivity index (χ1v) is 19.7. The first-order valence-electron chi connectivity index (χ1n) is 19.7. The van der Waals surface area contributed by atoms with E-state index >= 15 is 0 Å². The summed E-state index contributed by atoms with van der Waals surface area (Å²) < 4.78 is 12.1. The number of carbonyl (C=O) groups excluding carboxylic acids is 2. The van der Waals surface area contributed by atoms with Gasteiger partial charge in [0.15, 0.2) is 5.78 Å².